The molecular weight excluding hydrogens is 290 g/mol. The van der Waals surface area contributed by atoms with E-state index in [9.17, 15) is 0 Å². The van der Waals surface area contributed by atoms with Crippen molar-refractivity contribution < 1.29 is 0 Å². The Kier molecular flexibility index (Phi) is 3.92. The van der Waals surface area contributed by atoms with Gasteiger partial charge in [-0.3, -0.25) is 0 Å². The quantitative estimate of drug-likeness (QED) is 0.445. The maximum atomic E-state index is 3.66. The van der Waals surface area contributed by atoms with Crippen molar-refractivity contribution in [3.05, 3.63) is 84.6 Å². The Labute approximate surface area is 143 Å². The van der Waals surface area contributed by atoms with Crippen LogP contribution >= 0.6 is 0 Å². The van der Waals surface area contributed by atoms with Crippen LogP contribution in [-0.2, 0) is 6.42 Å². The standard InChI is InChI=1S/C23H21N/c1-2-8-22-21(18-10-4-3-5-11-18)16-23(24-22)20-14-13-17-9-6-7-12-19(17)15-20/h3-7,9-16,24H,2,8H2,1H3. The van der Waals surface area contributed by atoms with Gasteiger partial charge >= 0.3 is 0 Å². The number of nitrogens with one attached hydrogen (secondary N) is 1. The van der Waals surface area contributed by atoms with Crippen molar-refractivity contribution >= 4 is 10.8 Å². The molecule has 0 aliphatic heterocycles. The number of H-pyrrole nitrogens is 1. The highest BCUT2D eigenvalue weighted by atomic mass is 14.7. The zero-order chi connectivity index (χ0) is 16.4. The van der Waals surface area contributed by atoms with Gasteiger partial charge in [0.2, 0.25) is 0 Å². The van der Waals surface area contributed by atoms with Crippen LogP contribution in [0.1, 0.15) is 19.0 Å². The SMILES string of the molecule is CCCc1[nH]c(-c2ccc3ccccc3c2)cc1-c1ccccc1. The van der Waals surface area contributed by atoms with E-state index < -0.39 is 0 Å². The molecule has 1 nitrogen and oxygen atoms in total. The summed E-state index contributed by atoms with van der Waals surface area (Å²) in [4.78, 5) is 3.66. The summed E-state index contributed by atoms with van der Waals surface area (Å²) in [5.41, 5.74) is 6.37. The highest BCUT2D eigenvalue weighted by Gasteiger charge is 2.11. The molecule has 0 fully saturated rings. The molecule has 0 bridgehead atoms. The van der Waals surface area contributed by atoms with Gasteiger partial charge in [0.05, 0.1) is 0 Å². The molecule has 1 heteroatoms. The summed E-state index contributed by atoms with van der Waals surface area (Å²) in [6, 6.07) is 28.1. The topological polar surface area (TPSA) is 15.8 Å². The summed E-state index contributed by atoms with van der Waals surface area (Å²) in [5, 5.41) is 2.56. The summed E-state index contributed by atoms with van der Waals surface area (Å²) in [6.45, 7) is 2.23. The lowest BCUT2D eigenvalue weighted by Gasteiger charge is -2.02. The van der Waals surface area contributed by atoms with Gasteiger partial charge in [-0.25, -0.2) is 0 Å². The van der Waals surface area contributed by atoms with Crippen LogP contribution in [0.15, 0.2) is 78.9 Å². The molecule has 1 aromatic heterocycles. The predicted octanol–water partition coefficient (Wildman–Crippen LogP) is 6.45. The number of aromatic amines is 1. The van der Waals surface area contributed by atoms with E-state index in [2.05, 4.69) is 90.8 Å². The molecule has 118 valence electrons. The third kappa shape index (κ3) is 2.74. The van der Waals surface area contributed by atoms with Gasteiger partial charge in [0.1, 0.15) is 0 Å². The summed E-state index contributed by atoms with van der Waals surface area (Å²) >= 11 is 0. The van der Waals surface area contributed by atoms with Crippen molar-refractivity contribution in [2.24, 2.45) is 0 Å². The van der Waals surface area contributed by atoms with E-state index >= 15 is 0 Å². The van der Waals surface area contributed by atoms with Gasteiger partial charge < -0.3 is 4.98 Å². The zero-order valence-corrected chi connectivity index (χ0v) is 13.9. The largest absolute Gasteiger partial charge is 0.358 e. The van der Waals surface area contributed by atoms with Gasteiger partial charge in [0.15, 0.2) is 0 Å². The Morgan fingerprint density at radius 2 is 1.46 bits per heavy atom. The van der Waals surface area contributed by atoms with E-state index in [-0.39, 0.29) is 0 Å². The van der Waals surface area contributed by atoms with Crippen molar-refractivity contribution in [1.82, 2.24) is 4.98 Å². The van der Waals surface area contributed by atoms with Gasteiger partial charge in [-0.2, -0.15) is 0 Å². The van der Waals surface area contributed by atoms with Crippen LogP contribution < -0.4 is 0 Å². The second kappa shape index (κ2) is 6.37. The fourth-order valence-electron chi connectivity index (χ4n) is 3.33. The summed E-state index contributed by atoms with van der Waals surface area (Å²) < 4.78 is 0. The molecule has 0 saturated carbocycles. The highest BCUT2D eigenvalue weighted by molar-refractivity contribution is 5.87. The first-order valence-corrected chi connectivity index (χ1v) is 8.61. The summed E-state index contributed by atoms with van der Waals surface area (Å²) in [6.07, 6.45) is 2.20. The lowest BCUT2D eigenvalue weighted by atomic mass is 10.0. The molecule has 4 rings (SSSR count). The lowest BCUT2D eigenvalue weighted by Crippen LogP contribution is -1.87. The third-order valence-electron chi connectivity index (χ3n) is 4.54. The van der Waals surface area contributed by atoms with Crippen LogP contribution in [0.5, 0.6) is 0 Å². The predicted molar refractivity (Wildman–Crippen MR) is 103 cm³/mol. The minimum absolute atomic E-state index is 1.07. The molecular formula is C23H21N. The Balaban J connectivity index is 1.82. The number of fused-ring (bicyclic) bond motifs is 1. The number of aromatic nitrogens is 1. The average Bonchev–Trinajstić information content (AvgIpc) is 3.06. The first kappa shape index (κ1) is 14.8. The van der Waals surface area contributed by atoms with Crippen LogP contribution in [0.2, 0.25) is 0 Å². The van der Waals surface area contributed by atoms with Crippen LogP contribution in [0.3, 0.4) is 0 Å². The Morgan fingerprint density at radius 1 is 0.708 bits per heavy atom. The fourth-order valence-corrected chi connectivity index (χ4v) is 3.33. The van der Waals surface area contributed by atoms with E-state index in [1.54, 1.807) is 0 Å². The number of hydrogen-bond acceptors (Lipinski definition) is 0. The number of aryl methyl sites for hydroxylation is 1. The van der Waals surface area contributed by atoms with Crippen LogP contribution in [0.25, 0.3) is 33.2 Å². The van der Waals surface area contributed by atoms with Crippen LogP contribution in [0, 0.1) is 0 Å². The Hall–Kier alpha value is -2.80. The van der Waals surface area contributed by atoms with E-state index in [1.165, 1.54) is 38.9 Å². The van der Waals surface area contributed by atoms with Gasteiger partial charge in [0, 0.05) is 17.0 Å². The fraction of sp³-hybridized carbons (Fsp3) is 0.130. The van der Waals surface area contributed by atoms with E-state index in [0.29, 0.717) is 0 Å². The molecule has 0 spiro atoms. The highest BCUT2D eigenvalue weighted by Crippen LogP contribution is 2.31. The molecule has 0 saturated heterocycles. The normalized spacial score (nSPS) is 11.0. The van der Waals surface area contributed by atoms with Crippen molar-refractivity contribution in [3.8, 4) is 22.4 Å². The second-order valence-corrected chi connectivity index (χ2v) is 6.25. The molecule has 0 radical (unpaired) electrons. The van der Waals surface area contributed by atoms with Gasteiger partial charge in [-0.15, -0.1) is 0 Å². The molecule has 0 aliphatic rings. The van der Waals surface area contributed by atoms with E-state index in [1.807, 2.05) is 0 Å². The van der Waals surface area contributed by atoms with Gasteiger partial charge in [0.25, 0.3) is 0 Å². The van der Waals surface area contributed by atoms with Gasteiger partial charge in [-0.1, -0.05) is 80.1 Å². The second-order valence-electron chi connectivity index (χ2n) is 6.25. The molecule has 24 heavy (non-hydrogen) atoms. The summed E-state index contributed by atoms with van der Waals surface area (Å²) in [7, 11) is 0. The van der Waals surface area contributed by atoms with Crippen molar-refractivity contribution in [2.75, 3.05) is 0 Å². The maximum Gasteiger partial charge on any atom is 0.0462 e. The number of benzene rings is 3. The van der Waals surface area contributed by atoms with E-state index in [0.717, 1.165) is 12.8 Å². The lowest BCUT2D eigenvalue weighted by molar-refractivity contribution is 0.895. The molecule has 0 amide bonds. The number of rotatable bonds is 4. The van der Waals surface area contributed by atoms with Gasteiger partial charge in [-0.05, 0) is 40.5 Å². The first-order valence-electron chi connectivity index (χ1n) is 8.61. The molecule has 1 heterocycles. The molecule has 1 N–H and O–H groups in total. The van der Waals surface area contributed by atoms with Crippen molar-refractivity contribution in [3.63, 3.8) is 0 Å². The molecule has 4 aromatic rings. The zero-order valence-electron chi connectivity index (χ0n) is 13.9. The third-order valence-corrected chi connectivity index (χ3v) is 4.54. The van der Waals surface area contributed by atoms with Crippen LogP contribution in [0.4, 0.5) is 0 Å². The van der Waals surface area contributed by atoms with Crippen molar-refractivity contribution in [1.29, 1.82) is 0 Å². The molecule has 0 aliphatic carbocycles. The van der Waals surface area contributed by atoms with Crippen molar-refractivity contribution in [2.45, 2.75) is 19.8 Å². The Bertz CT molecular complexity index is 964. The average molecular weight is 311 g/mol. The summed E-state index contributed by atoms with van der Waals surface area (Å²) in [5.74, 6) is 0. The minimum atomic E-state index is 1.07. The molecule has 0 unspecified atom stereocenters. The monoisotopic (exact) mass is 311 g/mol. The van der Waals surface area contributed by atoms with Crippen LogP contribution in [-0.4, -0.2) is 4.98 Å². The van der Waals surface area contributed by atoms with E-state index in [4.69, 9.17) is 0 Å². The minimum Gasteiger partial charge on any atom is -0.358 e. The first-order chi connectivity index (χ1) is 11.8. The smallest absolute Gasteiger partial charge is 0.0462 e. The molecule has 0 atom stereocenters. The number of hydrogen-bond donors (Lipinski definition) is 1. The Morgan fingerprint density at radius 3 is 2.25 bits per heavy atom. The molecule has 3 aromatic carbocycles. The maximum absolute atomic E-state index is 3.66.